The Labute approximate surface area is 112 Å². The molecule has 0 saturated heterocycles. The van der Waals surface area contributed by atoms with Gasteiger partial charge in [0, 0.05) is 6.04 Å². The van der Waals surface area contributed by atoms with Crippen molar-refractivity contribution in [2.45, 2.75) is 58.9 Å². The van der Waals surface area contributed by atoms with Gasteiger partial charge in [0.15, 0.2) is 0 Å². The summed E-state index contributed by atoms with van der Waals surface area (Å²) in [4.78, 5) is 0. The van der Waals surface area contributed by atoms with Gasteiger partial charge in [0.1, 0.15) is 5.75 Å². The first-order valence-electron chi connectivity index (χ1n) is 7.21. The molecule has 0 aliphatic heterocycles. The van der Waals surface area contributed by atoms with Gasteiger partial charge in [0.2, 0.25) is 0 Å². The van der Waals surface area contributed by atoms with E-state index in [2.05, 4.69) is 32.0 Å². The monoisotopic (exact) mass is 249 g/mol. The molecule has 1 aromatic rings. The van der Waals surface area contributed by atoms with E-state index in [1.54, 1.807) is 0 Å². The van der Waals surface area contributed by atoms with Crippen molar-refractivity contribution in [3.05, 3.63) is 29.3 Å². The number of ether oxygens (including phenoxy) is 1. The number of aryl methyl sites for hydroxylation is 2. The molecule has 1 atom stereocenters. The summed E-state index contributed by atoms with van der Waals surface area (Å²) < 4.78 is 5.69. The van der Waals surface area contributed by atoms with Crippen LogP contribution in [0.1, 0.15) is 51.2 Å². The van der Waals surface area contributed by atoms with E-state index in [4.69, 9.17) is 10.5 Å². The van der Waals surface area contributed by atoms with Crippen LogP contribution in [0.2, 0.25) is 0 Å². The molecule has 2 N–H and O–H groups in total. The Morgan fingerprint density at radius 3 is 2.61 bits per heavy atom. The predicted octanol–water partition coefficient (Wildman–Crippen LogP) is 3.71. The quantitative estimate of drug-likeness (QED) is 0.762. The van der Waals surface area contributed by atoms with Crippen LogP contribution in [0.15, 0.2) is 18.2 Å². The lowest BCUT2D eigenvalue weighted by molar-refractivity contribution is 0.336. The normalized spacial score (nSPS) is 12.4. The van der Waals surface area contributed by atoms with Crippen LogP contribution >= 0.6 is 0 Å². The van der Waals surface area contributed by atoms with Crippen LogP contribution in [0.3, 0.4) is 0 Å². The zero-order chi connectivity index (χ0) is 13.4. The standard InChI is InChI=1S/C16H27NO/c1-4-13-10-11-16(18-6-3)14(12-13)8-7-9-15(17)5-2/h10-12,15H,4-9,17H2,1-3H3. The first kappa shape index (κ1) is 15.0. The van der Waals surface area contributed by atoms with Crippen molar-refractivity contribution in [2.75, 3.05) is 6.61 Å². The Kier molecular flexibility index (Phi) is 6.81. The van der Waals surface area contributed by atoms with Crippen LogP contribution in [0.25, 0.3) is 0 Å². The summed E-state index contributed by atoms with van der Waals surface area (Å²) in [7, 11) is 0. The van der Waals surface area contributed by atoms with Crippen LogP contribution in [-0.2, 0) is 12.8 Å². The molecule has 0 aliphatic carbocycles. The molecule has 1 aromatic carbocycles. The van der Waals surface area contributed by atoms with Gasteiger partial charge in [0.05, 0.1) is 6.61 Å². The number of hydrogen-bond donors (Lipinski definition) is 1. The number of rotatable bonds is 8. The second-order valence-electron chi connectivity index (χ2n) is 4.79. The topological polar surface area (TPSA) is 35.2 Å². The first-order valence-corrected chi connectivity index (χ1v) is 7.21. The molecular formula is C16H27NO. The summed E-state index contributed by atoms with van der Waals surface area (Å²) in [6.45, 7) is 7.10. The summed E-state index contributed by atoms with van der Waals surface area (Å²) in [6.07, 6.45) is 5.44. The Morgan fingerprint density at radius 2 is 2.00 bits per heavy atom. The molecule has 0 saturated carbocycles. The minimum atomic E-state index is 0.343. The molecule has 0 aliphatic rings. The van der Waals surface area contributed by atoms with Crippen LogP contribution < -0.4 is 10.5 Å². The van der Waals surface area contributed by atoms with Crippen molar-refractivity contribution in [3.8, 4) is 5.75 Å². The van der Waals surface area contributed by atoms with Crippen molar-refractivity contribution in [1.82, 2.24) is 0 Å². The predicted molar refractivity (Wildman–Crippen MR) is 78.2 cm³/mol. The number of benzene rings is 1. The van der Waals surface area contributed by atoms with Gasteiger partial charge < -0.3 is 10.5 Å². The molecule has 0 radical (unpaired) electrons. The van der Waals surface area contributed by atoms with Gasteiger partial charge in [0.25, 0.3) is 0 Å². The van der Waals surface area contributed by atoms with Crippen molar-refractivity contribution in [3.63, 3.8) is 0 Å². The first-order chi connectivity index (χ1) is 8.71. The second-order valence-corrected chi connectivity index (χ2v) is 4.79. The summed E-state index contributed by atoms with van der Waals surface area (Å²) in [5, 5.41) is 0. The lowest BCUT2D eigenvalue weighted by atomic mass is 10.0. The van der Waals surface area contributed by atoms with Crippen molar-refractivity contribution in [1.29, 1.82) is 0 Å². The average Bonchev–Trinajstić information content (AvgIpc) is 2.40. The van der Waals surface area contributed by atoms with Gasteiger partial charge in [-0.25, -0.2) is 0 Å². The zero-order valence-corrected chi connectivity index (χ0v) is 12.0. The molecule has 2 nitrogen and oxygen atoms in total. The summed E-state index contributed by atoms with van der Waals surface area (Å²) in [5.74, 6) is 1.04. The third-order valence-electron chi connectivity index (χ3n) is 3.38. The smallest absolute Gasteiger partial charge is 0.122 e. The Bertz CT molecular complexity index is 349. The Balaban J connectivity index is 2.65. The van der Waals surface area contributed by atoms with E-state index in [9.17, 15) is 0 Å². The molecule has 102 valence electrons. The van der Waals surface area contributed by atoms with Gasteiger partial charge in [-0.15, -0.1) is 0 Å². The fourth-order valence-electron chi connectivity index (χ4n) is 2.10. The summed E-state index contributed by atoms with van der Waals surface area (Å²) in [6, 6.07) is 6.89. The highest BCUT2D eigenvalue weighted by molar-refractivity contribution is 5.37. The highest BCUT2D eigenvalue weighted by Gasteiger charge is 2.06. The van der Waals surface area contributed by atoms with E-state index >= 15 is 0 Å². The van der Waals surface area contributed by atoms with Crippen molar-refractivity contribution >= 4 is 0 Å². The number of nitrogens with two attached hydrogens (primary N) is 1. The maximum atomic E-state index is 5.96. The maximum Gasteiger partial charge on any atom is 0.122 e. The molecule has 1 rings (SSSR count). The van der Waals surface area contributed by atoms with E-state index < -0.39 is 0 Å². The molecule has 2 heteroatoms. The maximum absolute atomic E-state index is 5.96. The molecule has 0 heterocycles. The van der Waals surface area contributed by atoms with E-state index in [1.807, 2.05) is 6.92 Å². The van der Waals surface area contributed by atoms with Gasteiger partial charge in [-0.2, -0.15) is 0 Å². The molecule has 0 aromatic heterocycles. The lowest BCUT2D eigenvalue weighted by Crippen LogP contribution is -2.18. The highest BCUT2D eigenvalue weighted by atomic mass is 16.5. The van der Waals surface area contributed by atoms with Crippen molar-refractivity contribution in [2.24, 2.45) is 5.73 Å². The third kappa shape index (κ3) is 4.69. The SMILES string of the molecule is CCOc1ccc(CC)cc1CCCC(N)CC. The molecule has 0 amide bonds. The van der Waals surface area contributed by atoms with Crippen LogP contribution in [0, 0.1) is 0 Å². The fourth-order valence-corrected chi connectivity index (χ4v) is 2.10. The molecule has 0 spiro atoms. The average molecular weight is 249 g/mol. The molecular weight excluding hydrogens is 222 g/mol. The lowest BCUT2D eigenvalue weighted by Gasteiger charge is -2.13. The van der Waals surface area contributed by atoms with E-state index in [0.29, 0.717) is 6.04 Å². The van der Waals surface area contributed by atoms with Gasteiger partial charge in [-0.1, -0.05) is 26.0 Å². The zero-order valence-electron chi connectivity index (χ0n) is 12.0. The fraction of sp³-hybridized carbons (Fsp3) is 0.625. The van der Waals surface area contributed by atoms with Gasteiger partial charge in [-0.05, 0) is 56.2 Å². The van der Waals surface area contributed by atoms with Crippen LogP contribution in [-0.4, -0.2) is 12.6 Å². The second kappa shape index (κ2) is 8.15. The molecule has 1 unspecified atom stereocenters. The summed E-state index contributed by atoms with van der Waals surface area (Å²) in [5.41, 5.74) is 8.67. The van der Waals surface area contributed by atoms with Crippen molar-refractivity contribution < 1.29 is 4.74 Å². The summed E-state index contributed by atoms with van der Waals surface area (Å²) >= 11 is 0. The number of hydrogen-bond acceptors (Lipinski definition) is 2. The van der Waals surface area contributed by atoms with Crippen LogP contribution in [0.5, 0.6) is 5.75 Å². The Morgan fingerprint density at radius 1 is 1.22 bits per heavy atom. The minimum Gasteiger partial charge on any atom is -0.494 e. The van der Waals surface area contributed by atoms with Gasteiger partial charge in [-0.3, -0.25) is 0 Å². The third-order valence-corrected chi connectivity index (χ3v) is 3.38. The van der Waals surface area contributed by atoms with E-state index in [-0.39, 0.29) is 0 Å². The molecule has 18 heavy (non-hydrogen) atoms. The molecule has 0 fully saturated rings. The largest absolute Gasteiger partial charge is 0.494 e. The molecule has 0 bridgehead atoms. The van der Waals surface area contributed by atoms with Crippen LogP contribution in [0.4, 0.5) is 0 Å². The van der Waals surface area contributed by atoms with Gasteiger partial charge >= 0.3 is 0 Å². The van der Waals surface area contributed by atoms with E-state index in [0.717, 1.165) is 44.5 Å². The minimum absolute atomic E-state index is 0.343. The highest BCUT2D eigenvalue weighted by Crippen LogP contribution is 2.23. The Hall–Kier alpha value is -1.02. The van der Waals surface area contributed by atoms with E-state index in [1.165, 1.54) is 11.1 Å².